The van der Waals surface area contributed by atoms with Gasteiger partial charge in [-0.15, -0.1) is 0 Å². The molecule has 7 heteroatoms. The smallest absolute Gasteiger partial charge is 0.337 e. The van der Waals surface area contributed by atoms with Crippen LogP contribution in [0.5, 0.6) is 0 Å². The van der Waals surface area contributed by atoms with Gasteiger partial charge < -0.3 is 19.4 Å². The standard InChI is InChI=1S/C21H24N4O3/c1-25(12-14-7-9-28-10-8-14)20-17-11-18(24-19(17)22-13-23-20)15-3-5-16(6-4-15)21(26)27-2/h3-6,11,13-14H,7-10,12H2,1-2H3,(H,22,23,24). The molecule has 0 saturated carbocycles. The molecule has 2 aromatic heterocycles. The maximum absolute atomic E-state index is 11.6. The largest absolute Gasteiger partial charge is 0.465 e. The second-order valence-corrected chi connectivity index (χ2v) is 7.15. The van der Waals surface area contributed by atoms with Gasteiger partial charge in [-0.2, -0.15) is 0 Å². The van der Waals surface area contributed by atoms with Crippen molar-refractivity contribution in [3.05, 3.63) is 42.2 Å². The van der Waals surface area contributed by atoms with Gasteiger partial charge in [0.15, 0.2) is 0 Å². The summed E-state index contributed by atoms with van der Waals surface area (Å²) in [5, 5.41) is 0.990. The lowest BCUT2D eigenvalue weighted by atomic mass is 10.00. The SMILES string of the molecule is COC(=O)c1ccc(-c2cc3c(N(C)CC4CCOCC4)ncnc3[nH]2)cc1. The number of nitrogens with one attached hydrogen (secondary N) is 1. The molecule has 3 heterocycles. The van der Waals surface area contributed by atoms with Crippen LogP contribution in [0.1, 0.15) is 23.2 Å². The Hall–Kier alpha value is -2.93. The van der Waals surface area contributed by atoms with Gasteiger partial charge in [-0.1, -0.05) is 12.1 Å². The number of aromatic amines is 1. The Bertz CT molecular complexity index is 961. The molecule has 1 saturated heterocycles. The molecule has 0 aliphatic carbocycles. The Kier molecular flexibility index (Phi) is 5.25. The summed E-state index contributed by atoms with van der Waals surface area (Å²) in [6.07, 6.45) is 3.77. The Morgan fingerprint density at radius 2 is 2.00 bits per heavy atom. The minimum Gasteiger partial charge on any atom is -0.465 e. The molecule has 1 aromatic carbocycles. The Balaban J connectivity index is 1.60. The average molecular weight is 380 g/mol. The first-order chi connectivity index (χ1) is 13.7. The quantitative estimate of drug-likeness (QED) is 0.684. The van der Waals surface area contributed by atoms with Gasteiger partial charge in [0.05, 0.1) is 18.1 Å². The van der Waals surface area contributed by atoms with E-state index in [0.717, 1.165) is 60.7 Å². The van der Waals surface area contributed by atoms with Crippen molar-refractivity contribution in [2.75, 3.05) is 38.8 Å². The number of rotatable bonds is 5. The number of esters is 1. The second kappa shape index (κ2) is 7.98. The first-order valence-corrected chi connectivity index (χ1v) is 9.47. The average Bonchev–Trinajstić information content (AvgIpc) is 3.18. The second-order valence-electron chi connectivity index (χ2n) is 7.15. The number of anilines is 1. The summed E-state index contributed by atoms with van der Waals surface area (Å²) < 4.78 is 10.2. The number of carbonyl (C=O) groups is 1. The van der Waals surface area contributed by atoms with E-state index < -0.39 is 0 Å². The Labute approximate surface area is 163 Å². The summed E-state index contributed by atoms with van der Waals surface area (Å²) in [5.74, 6) is 1.20. The summed E-state index contributed by atoms with van der Waals surface area (Å²) in [6.45, 7) is 2.63. The topological polar surface area (TPSA) is 80.3 Å². The van der Waals surface area contributed by atoms with Crippen molar-refractivity contribution in [3.63, 3.8) is 0 Å². The number of carbonyl (C=O) groups excluding carboxylic acids is 1. The molecule has 4 rings (SSSR count). The molecule has 1 fully saturated rings. The van der Waals surface area contributed by atoms with Gasteiger partial charge in [0.2, 0.25) is 0 Å². The van der Waals surface area contributed by atoms with E-state index in [1.54, 1.807) is 18.5 Å². The highest BCUT2D eigenvalue weighted by atomic mass is 16.5. The van der Waals surface area contributed by atoms with E-state index in [-0.39, 0.29) is 5.97 Å². The third kappa shape index (κ3) is 3.71. The van der Waals surface area contributed by atoms with Gasteiger partial charge in [0.1, 0.15) is 17.8 Å². The molecule has 0 bridgehead atoms. The van der Waals surface area contributed by atoms with Gasteiger partial charge in [-0.25, -0.2) is 14.8 Å². The number of benzene rings is 1. The summed E-state index contributed by atoms with van der Waals surface area (Å²) in [5.41, 5.74) is 3.24. The molecule has 3 aromatic rings. The van der Waals surface area contributed by atoms with Crippen LogP contribution in [0.15, 0.2) is 36.7 Å². The van der Waals surface area contributed by atoms with Gasteiger partial charge in [0, 0.05) is 32.5 Å². The normalized spacial score (nSPS) is 14.9. The highest BCUT2D eigenvalue weighted by molar-refractivity contribution is 5.93. The van der Waals surface area contributed by atoms with Crippen LogP contribution in [0.4, 0.5) is 5.82 Å². The third-order valence-electron chi connectivity index (χ3n) is 5.26. The fourth-order valence-electron chi connectivity index (χ4n) is 3.69. The number of H-pyrrole nitrogens is 1. The highest BCUT2D eigenvalue weighted by Crippen LogP contribution is 2.29. The molecule has 146 valence electrons. The lowest BCUT2D eigenvalue weighted by molar-refractivity contribution is 0.0600. The zero-order chi connectivity index (χ0) is 19.5. The summed E-state index contributed by atoms with van der Waals surface area (Å²) >= 11 is 0. The van der Waals surface area contributed by atoms with Crippen LogP contribution in [0, 0.1) is 5.92 Å². The number of hydrogen-bond acceptors (Lipinski definition) is 6. The number of fused-ring (bicyclic) bond motifs is 1. The molecule has 0 unspecified atom stereocenters. The van der Waals surface area contributed by atoms with E-state index in [9.17, 15) is 4.79 Å². The molecule has 7 nitrogen and oxygen atoms in total. The Morgan fingerprint density at radius 1 is 1.25 bits per heavy atom. The predicted molar refractivity (Wildman–Crippen MR) is 107 cm³/mol. The van der Waals surface area contributed by atoms with Gasteiger partial charge in [0.25, 0.3) is 0 Å². The molecular weight excluding hydrogens is 356 g/mol. The van der Waals surface area contributed by atoms with Crippen molar-refractivity contribution in [1.29, 1.82) is 0 Å². The molecule has 1 aliphatic heterocycles. The highest BCUT2D eigenvalue weighted by Gasteiger charge is 2.19. The van der Waals surface area contributed by atoms with E-state index >= 15 is 0 Å². The minimum atomic E-state index is -0.342. The molecule has 1 aliphatic rings. The van der Waals surface area contributed by atoms with Crippen LogP contribution < -0.4 is 4.90 Å². The molecule has 1 N–H and O–H groups in total. The molecule has 0 spiro atoms. The van der Waals surface area contributed by atoms with Crippen molar-refractivity contribution in [2.45, 2.75) is 12.8 Å². The number of nitrogens with zero attached hydrogens (tertiary/aromatic N) is 3. The predicted octanol–water partition coefficient (Wildman–Crippen LogP) is 3.27. The number of methoxy groups -OCH3 is 1. The lowest BCUT2D eigenvalue weighted by Crippen LogP contribution is -2.30. The number of aromatic nitrogens is 3. The molecule has 0 amide bonds. The zero-order valence-corrected chi connectivity index (χ0v) is 16.1. The van der Waals surface area contributed by atoms with Crippen molar-refractivity contribution < 1.29 is 14.3 Å². The van der Waals surface area contributed by atoms with E-state index in [2.05, 4.69) is 33.0 Å². The van der Waals surface area contributed by atoms with Gasteiger partial charge in [-0.05, 0) is 42.5 Å². The first kappa shape index (κ1) is 18.4. The van der Waals surface area contributed by atoms with E-state index in [0.29, 0.717) is 11.5 Å². The molecule has 0 radical (unpaired) electrons. The fourth-order valence-corrected chi connectivity index (χ4v) is 3.69. The summed E-state index contributed by atoms with van der Waals surface area (Å²) in [4.78, 5) is 26.1. The van der Waals surface area contributed by atoms with E-state index in [1.165, 1.54) is 7.11 Å². The minimum absolute atomic E-state index is 0.342. The number of hydrogen-bond donors (Lipinski definition) is 1. The zero-order valence-electron chi connectivity index (χ0n) is 16.1. The lowest BCUT2D eigenvalue weighted by Gasteiger charge is -2.27. The van der Waals surface area contributed by atoms with Crippen molar-refractivity contribution in [2.24, 2.45) is 5.92 Å². The van der Waals surface area contributed by atoms with Crippen LogP contribution in [0.2, 0.25) is 0 Å². The number of ether oxygens (including phenoxy) is 2. The first-order valence-electron chi connectivity index (χ1n) is 9.47. The van der Waals surface area contributed by atoms with Crippen LogP contribution in [-0.4, -0.2) is 54.8 Å². The maximum Gasteiger partial charge on any atom is 0.337 e. The van der Waals surface area contributed by atoms with Crippen LogP contribution in [-0.2, 0) is 9.47 Å². The molecule has 28 heavy (non-hydrogen) atoms. The van der Waals surface area contributed by atoms with Gasteiger partial charge in [-0.3, -0.25) is 0 Å². The molecule has 0 atom stereocenters. The van der Waals surface area contributed by atoms with Gasteiger partial charge >= 0.3 is 5.97 Å². The van der Waals surface area contributed by atoms with Crippen LogP contribution in [0.3, 0.4) is 0 Å². The summed E-state index contributed by atoms with van der Waals surface area (Å²) in [7, 11) is 3.46. The Morgan fingerprint density at radius 3 is 2.71 bits per heavy atom. The molecular formula is C21H24N4O3. The summed E-state index contributed by atoms with van der Waals surface area (Å²) in [6, 6.07) is 9.39. The maximum atomic E-state index is 11.6. The van der Waals surface area contributed by atoms with E-state index in [1.807, 2.05) is 12.1 Å². The monoisotopic (exact) mass is 380 g/mol. The van der Waals surface area contributed by atoms with Crippen molar-refractivity contribution >= 4 is 22.8 Å². The van der Waals surface area contributed by atoms with Crippen LogP contribution in [0.25, 0.3) is 22.3 Å². The third-order valence-corrected chi connectivity index (χ3v) is 5.26. The van der Waals surface area contributed by atoms with E-state index in [4.69, 9.17) is 9.47 Å². The van der Waals surface area contributed by atoms with Crippen molar-refractivity contribution in [1.82, 2.24) is 15.0 Å². The fraction of sp³-hybridized carbons (Fsp3) is 0.381. The van der Waals surface area contributed by atoms with Crippen LogP contribution >= 0.6 is 0 Å². The van der Waals surface area contributed by atoms with Crippen molar-refractivity contribution in [3.8, 4) is 11.3 Å².